The second-order valence-corrected chi connectivity index (χ2v) is 6.79. The van der Waals surface area contributed by atoms with E-state index in [0.29, 0.717) is 11.5 Å². The van der Waals surface area contributed by atoms with E-state index in [0.717, 1.165) is 22.6 Å². The van der Waals surface area contributed by atoms with Crippen molar-refractivity contribution in [1.29, 1.82) is 0 Å². The number of carbonyl (C=O) groups is 3. The lowest BCUT2D eigenvalue weighted by Gasteiger charge is -2.12. The molecular formula is C19H19N3O5. The number of imide groups is 1. The number of hydrogen-bond acceptors (Lipinski definition) is 6. The molecule has 1 saturated heterocycles. The fraction of sp³-hybridized carbons (Fsp3) is 0.368. The van der Waals surface area contributed by atoms with Gasteiger partial charge in [0.2, 0.25) is 17.7 Å². The molecule has 8 heteroatoms. The van der Waals surface area contributed by atoms with Gasteiger partial charge in [0.15, 0.2) is 5.76 Å². The summed E-state index contributed by atoms with van der Waals surface area (Å²) in [6.07, 6.45) is 1.40. The van der Waals surface area contributed by atoms with Gasteiger partial charge in [-0.25, -0.2) is 0 Å². The van der Waals surface area contributed by atoms with Gasteiger partial charge >= 0.3 is 0 Å². The fourth-order valence-electron chi connectivity index (χ4n) is 3.27. The summed E-state index contributed by atoms with van der Waals surface area (Å²) < 4.78 is 11.1. The summed E-state index contributed by atoms with van der Waals surface area (Å²) in [6, 6.07) is 7.63. The third kappa shape index (κ3) is 3.55. The monoisotopic (exact) mass is 369 g/mol. The molecule has 3 amide bonds. The molecule has 140 valence electrons. The van der Waals surface area contributed by atoms with Gasteiger partial charge in [0.1, 0.15) is 24.1 Å². The molecule has 1 aromatic heterocycles. The zero-order valence-corrected chi connectivity index (χ0v) is 14.9. The topological polar surface area (TPSA) is 102 Å². The molecular weight excluding hydrogens is 350 g/mol. The first-order valence-corrected chi connectivity index (χ1v) is 8.85. The Morgan fingerprint density at radius 3 is 2.81 bits per heavy atom. The van der Waals surface area contributed by atoms with Crippen LogP contribution < -0.4 is 10.1 Å². The number of nitrogens with zero attached hydrogens (tertiary/aromatic N) is 2. The van der Waals surface area contributed by atoms with Crippen LogP contribution in [0.1, 0.15) is 31.0 Å². The molecule has 2 aliphatic heterocycles. The van der Waals surface area contributed by atoms with Gasteiger partial charge in [-0.1, -0.05) is 17.3 Å². The molecule has 1 aromatic carbocycles. The van der Waals surface area contributed by atoms with Crippen LogP contribution in [0, 0.1) is 0 Å². The summed E-state index contributed by atoms with van der Waals surface area (Å²) in [6.45, 7) is 1.91. The maximum atomic E-state index is 12.0. The predicted molar refractivity (Wildman–Crippen MR) is 93.5 cm³/mol. The molecule has 1 unspecified atom stereocenters. The zero-order valence-electron chi connectivity index (χ0n) is 14.9. The van der Waals surface area contributed by atoms with Crippen molar-refractivity contribution in [3.05, 3.63) is 35.5 Å². The fourth-order valence-corrected chi connectivity index (χ4v) is 3.27. The van der Waals surface area contributed by atoms with Crippen LogP contribution >= 0.6 is 0 Å². The molecule has 8 nitrogen and oxygen atoms in total. The van der Waals surface area contributed by atoms with Crippen molar-refractivity contribution in [2.45, 2.75) is 38.8 Å². The first-order valence-electron chi connectivity index (χ1n) is 8.85. The zero-order chi connectivity index (χ0) is 19.0. The Hall–Kier alpha value is -3.16. The number of amides is 3. The molecule has 3 heterocycles. The number of ether oxygens (including phenoxy) is 1. The SMILES string of the molecule is CC1Cc2ccc(-c3cc(CNC(=O)CN4C(=O)CCC4=O)no3)cc2O1. The Bertz CT molecular complexity index is 904. The average molecular weight is 369 g/mol. The summed E-state index contributed by atoms with van der Waals surface area (Å²) in [7, 11) is 0. The van der Waals surface area contributed by atoms with Crippen LogP contribution in [-0.2, 0) is 27.3 Å². The Kier molecular flexibility index (Phi) is 4.39. The van der Waals surface area contributed by atoms with Crippen LogP contribution in [0.2, 0.25) is 0 Å². The molecule has 2 aliphatic rings. The van der Waals surface area contributed by atoms with Crippen molar-refractivity contribution in [1.82, 2.24) is 15.4 Å². The molecule has 27 heavy (non-hydrogen) atoms. The molecule has 0 bridgehead atoms. The maximum absolute atomic E-state index is 12.0. The minimum Gasteiger partial charge on any atom is -0.490 e. The Balaban J connectivity index is 1.36. The van der Waals surface area contributed by atoms with Gasteiger partial charge in [-0.3, -0.25) is 19.3 Å². The van der Waals surface area contributed by atoms with Gasteiger partial charge in [0, 0.05) is 30.9 Å². The minimum absolute atomic E-state index is 0.150. The number of nitrogens with one attached hydrogen (secondary N) is 1. The minimum atomic E-state index is -0.414. The molecule has 0 aliphatic carbocycles. The second kappa shape index (κ2) is 6.86. The van der Waals surface area contributed by atoms with Crippen LogP contribution in [0.15, 0.2) is 28.8 Å². The summed E-state index contributed by atoms with van der Waals surface area (Å²) in [4.78, 5) is 36.0. The van der Waals surface area contributed by atoms with Gasteiger partial charge in [-0.05, 0) is 18.6 Å². The lowest BCUT2D eigenvalue weighted by molar-refractivity contribution is -0.142. The number of rotatable bonds is 5. The van der Waals surface area contributed by atoms with E-state index in [1.807, 2.05) is 25.1 Å². The van der Waals surface area contributed by atoms with Gasteiger partial charge in [0.05, 0.1) is 6.54 Å². The number of aromatic nitrogens is 1. The molecule has 0 saturated carbocycles. The summed E-state index contributed by atoms with van der Waals surface area (Å²) >= 11 is 0. The number of benzene rings is 1. The van der Waals surface area contributed by atoms with E-state index in [-0.39, 0.29) is 43.8 Å². The standard InChI is InChI=1S/C19H19N3O5/c1-11-6-12-2-3-13(7-15(12)26-11)16-8-14(21-27-16)9-20-17(23)10-22-18(24)4-5-19(22)25/h2-3,7-8,11H,4-6,9-10H2,1H3,(H,20,23). The van der Waals surface area contributed by atoms with Gasteiger partial charge < -0.3 is 14.6 Å². The quantitative estimate of drug-likeness (QED) is 0.800. The summed E-state index contributed by atoms with van der Waals surface area (Å²) in [5.41, 5.74) is 2.57. The molecule has 1 fully saturated rings. The molecule has 4 rings (SSSR count). The van der Waals surface area contributed by atoms with Crippen molar-refractivity contribution in [3.63, 3.8) is 0 Å². The second-order valence-electron chi connectivity index (χ2n) is 6.79. The number of fused-ring (bicyclic) bond motifs is 1. The summed E-state index contributed by atoms with van der Waals surface area (Å²) in [5.74, 6) is 0.392. The van der Waals surface area contributed by atoms with Gasteiger partial charge in [-0.2, -0.15) is 0 Å². The lowest BCUT2D eigenvalue weighted by Crippen LogP contribution is -2.39. The summed E-state index contributed by atoms with van der Waals surface area (Å²) in [5, 5.41) is 6.60. The highest BCUT2D eigenvalue weighted by atomic mass is 16.5. The number of likely N-dealkylation sites (tertiary alicyclic amines) is 1. The van der Waals surface area contributed by atoms with Gasteiger partial charge in [0.25, 0.3) is 0 Å². The van der Waals surface area contributed by atoms with E-state index in [1.165, 1.54) is 5.56 Å². The predicted octanol–water partition coefficient (Wildman–Crippen LogP) is 1.43. The van der Waals surface area contributed by atoms with Crippen molar-refractivity contribution in [2.75, 3.05) is 6.54 Å². The van der Waals surface area contributed by atoms with E-state index in [4.69, 9.17) is 9.26 Å². The molecule has 0 radical (unpaired) electrons. The highest BCUT2D eigenvalue weighted by Crippen LogP contribution is 2.33. The first-order chi connectivity index (χ1) is 13.0. The van der Waals surface area contributed by atoms with Crippen LogP contribution in [-0.4, -0.2) is 40.4 Å². The molecule has 1 N–H and O–H groups in total. The third-order valence-electron chi connectivity index (χ3n) is 4.67. The molecule has 0 spiro atoms. The smallest absolute Gasteiger partial charge is 0.240 e. The van der Waals surface area contributed by atoms with Crippen LogP contribution in [0.4, 0.5) is 0 Å². The Morgan fingerprint density at radius 1 is 1.26 bits per heavy atom. The van der Waals surface area contributed by atoms with Crippen molar-refractivity contribution in [2.24, 2.45) is 0 Å². The molecule has 1 atom stereocenters. The number of hydrogen-bond donors (Lipinski definition) is 1. The van der Waals surface area contributed by atoms with Crippen LogP contribution in [0.25, 0.3) is 11.3 Å². The van der Waals surface area contributed by atoms with Crippen molar-refractivity contribution >= 4 is 17.7 Å². The van der Waals surface area contributed by atoms with Gasteiger partial charge in [-0.15, -0.1) is 0 Å². The van der Waals surface area contributed by atoms with Crippen molar-refractivity contribution in [3.8, 4) is 17.1 Å². The Labute approximate surface area is 155 Å². The van der Waals surface area contributed by atoms with E-state index < -0.39 is 5.91 Å². The number of carbonyl (C=O) groups excluding carboxylic acids is 3. The van der Waals surface area contributed by atoms with Crippen LogP contribution in [0.3, 0.4) is 0 Å². The highest BCUT2D eigenvalue weighted by molar-refractivity contribution is 6.04. The Morgan fingerprint density at radius 2 is 2.04 bits per heavy atom. The van der Waals surface area contributed by atoms with E-state index in [9.17, 15) is 14.4 Å². The first kappa shape index (κ1) is 17.3. The van der Waals surface area contributed by atoms with E-state index in [1.54, 1.807) is 6.07 Å². The average Bonchev–Trinajstić information content (AvgIpc) is 3.33. The van der Waals surface area contributed by atoms with E-state index >= 15 is 0 Å². The normalized spacial score (nSPS) is 18.6. The molecule has 2 aromatic rings. The van der Waals surface area contributed by atoms with E-state index in [2.05, 4.69) is 10.5 Å². The largest absolute Gasteiger partial charge is 0.490 e. The third-order valence-corrected chi connectivity index (χ3v) is 4.67. The maximum Gasteiger partial charge on any atom is 0.240 e. The van der Waals surface area contributed by atoms with Crippen molar-refractivity contribution < 1.29 is 23.6 Å². The van der Waals surface area contributed by atoms with Crippen LogP contribution in [0.5, 0.6) is 5.75 Å². The lowest BCUT2D eigenvalue weighted by atomic mass is 10.1. The highest BCUT2D eigenvalue weighted by Gasteiger charge is 2.30.